The summed E-state index contributed by atoms with van der Waals surface area (Å²) < 4.78 is 6.55. The Morgan fingerprint density at radius 3 is 2.47 bits per heavy atom. The molecule has 0 fully saturated rings. The second-order valence-corrected chi connectivity index (χ2v) is 11.7. The van der Waals surface area contributed by atoms with Gasteiger partial charge in [0.2, 0.25) is 8.32 Å². The van der Waals surface area contributed by atoms with Crippen LogP contribution in [0.5, 0.6) is 0 Å². The molecule has 1 aliphatic carbocycles. The van der Waals surface area contributed by atoms with Crippen molar-refractivity contribution >= 4 is 14.1 Å². The molecule has 1 nitrogen and oxygen atoms in total. The van der Waals surface area contributed by atoms with Gasteiger partial charge in [0.15, 0.2) is 0 Å². The number of hydrogen-bond donors (Lipinski definition) is 0. The zero-order chi connectivity index (χ0) is 14.1. The summed E-state index contributed by atoms with van der Waals surface area (Å²) in [7, 11) is -1.75. The fourth-order valence-corrected chi connectivity index (χ4v) is 3.19. The SMILES string of the molecule is CC(C)(C)[Si](C)(C)OC1=CCCCc2ccccc21. The first kappa shape index (κ1) is 14.4. The highest BCUT2D eigenvalue weighted by Crippen LogP contribution is 2.40. The number of fused-ring (bicyclic) bond motifs is 1. The highest BCUT2D eigenvalue weighted by atomic mass is 28.4. The first-order valence-corrected chi connectivity index (χ1v) is 10.2. The van der Waals surface area contributed by atoms with E-state index >= 15 is 0 Å². The summed E-state index contributed by atoms with van der Waals surface area (Å²) in [6, 6.07) is 8.70. The molecule has 1 aromatic carbocycles. The smallest absolute Gasteiger partial charge is 0.250 e. The van der Waals surface area contributed by atoms with Gasteiger partial charge in [-0.25, -0.2) is 0 Å². The third-order valence-electron chi connectivity index (χ3n) is 4.43. The lowest BCUT2D eigenvalue weighted by molar-refractivity contribution is 0.456. The second kappa shape index (κ2) is 5.16. The van der Waals surface area contributed by atoms with Crippen molar-refractivity contribution in [1.29, 1.82) is 0 Å². The van der Waals surface area contributed by atoms with E-state index in [0.717, 1.165) is 18.6 Å². The summed E-state index contributed by atoms with van der Waals surface area (Å²) in [5.41, 5.74) is 2.75. The van der Waals surface area contributed by atoms with Gasteiger partial charge in [-0.3, -0.25) is 0 Å². The van der Waals surface area contributed by atoms with Crippen LogP contribution >= 0.6 is 0 Å². The maximum atomic E-state index is 6.55. The van der Waals surface area contributed by atoms with Crippen molar-refractivity contribution in [3.63, 3.8) is 0 Å². The van der Waals surface area contributed by atoms with Crippen LogP contribution in [0.2, 0.25) is 18.1 Å². The van der Waals surface area contributed by atoms with E-state index in [4.69, 9.17) is 4.43 Å². The Balaban J connectivity index is 2.33. The molecule has 104 valence electrons. The van der Waals surface area contributed by atoms with Crippen molar-refractivity contribution < 1.29 is 4.43 Å². The fourth-order valence-electron chi connectivity index (χ4n) is 2.14. The summed E-state index contributed by atoms with van der Waals surface area (Å²) in [5, 5.41) is 0.245. The van der Waals surface area contributed by atoms with E-state index in [0.29, 0.717) is 0 Å². The van der Waals surface area contributed by atoms with E-state index in [1.165, 1.54) is 17.5 Å². The monoisotopic (exact) mass is 274 g/mol. The molecule has 0 atom stereocenters. The first-order valence-electron chi connectivity index (χ1n) is 7.29. The van der Waals surface area contributed by atoms with Gasteiger partial charge in [-0.05, 0) is 49.0 Å². The van der Waals surface area contributed by atoms with Crippen molar-refractivity contribution in [2.45, 2.75) is 58.2 Å². The Labute approximate surface area is 118 Å². The summed E-state index contributed by atoms with van der Waals surface area (Å²) >= 11 is 0. The lowest BCUT2D eigenvalue weighted by Crippen LogP contribution is -2.40. The zero-order valence-corrected chi connectivity index (χ0v) is 13.9. The molecule has 0 saturated carbocycles. The van der Waals surface area contributed by atoms with E-state index in [-0.39, 0.29) is 5.04 Å². The molecule has 0 aromatic heterocycles. The molecular formula is C17H26OSi. The molecule has 19 heavy (non-hydrogen) atoms. The van der Waals surface area contributed by atoms with Crippen molar-refractivity contribution in [2.75, 3.05) is 0 Å². The van der Waals surface area contributed by atoms with Crippen LogP contribution in [0.4, 0.5) is 0 Å². The number of aryl methyl sites for hydroxylation is 1. The lowest BCUT2D eigenvalue weighted by Gasteiger charge is -2.37. The Bertz CT molecular complexity index is 480. The van der Waals surface area contributed by atoms with E-state index < -0.39 is 8.32 Å². The number of rotatable bonds is 2. The first-order chi connectivity index (χ1) is 8.81. The number of hydrogen-bond acceptors (Lipinski definition) is 1. The minimum Gasteiger partial charge on any atom is -0.543 e. The van der Waals surface area contributed by atoms with E-state index in [1.807, 2.05) is 0 Å². The molecule has 0 spiro atoms. The van der Waals surface area contributed by atoms with E-state index in [1.54, 1.807) is 0 Å². The molecule has 0 heterocycles. The van der Waals surface area contributed by atoms with Gasteiger partial charge >= 0.3 is 0 Å². The molecule has 0 unspecified atom stereocenters. The third-order valence-corrected chi connectivity index (χ3v) is 8.78. The Hall–Kier alpha value is -1.02. The lowest BCUT2D eigenvalue weighted by atomic mass is 10.0. The molecule has 0 N–H and O–H groups in total. The molecule has 2 heteroatoms. The van der Waals surface area contributed by atoms with Crippen molar-refractivity contribution in [3.05, 3.63) is 41.5 Å². The minimum absolute atomic E-state index is 0.245. The van der Waals surface area contributed by atoms with Crippen LogP contribution in [0.1, 0.15) is 44.7 Å². The summed E-state index contributed by atoms with van der Waals surface area (Å²) in [4.78, 5) is 0. The van der Waals surface area contributed by atoms with Gasteiger partial charge in [0.1, 0.15) is 5.76 Å². The molecule has 1 aliphatic rings. The summed E-state index contributed by atoms with van der Waals surface area (Å²) in [5.74, 6) is 1.12. The predicted octanol–water partition coefficient (Wildman–Crippen LogP) is 5.39. The normalized spacial score (nSPS) is 16.4. The van der Waals surface area contributed by atoms with Gasteiger partial charge in [0.25, 0.3) is 0 Å². The third kappa shape index (κ3) is 3.11. The molecule has 2 rings (SSSR count). The van der Waals surface area contributed by atoms with E-state index in [2.05, 4.69) is 64.2 Å². The molecule has 0 aliphatic heterocycles. The fraction of sp³-hybridized carbons (Fsp3) is 0.529. The number of benzene rings is 1. The van der Waals surface area contributed by atoms with Crippen LogP contribution in [-0.4, -0.2) is 8.32 Å². The van der Waals surface area contributed by atoms with Crippen molar-refractivity contribution in [3.8, 4) is 0 Å². The quantitative estimate of drug-likeness (QED) is 0.657. The van der Waals surface area contributed by atoms with E-state index in [9.17, 15) is 0 Å². The van der Waals surface area contributed by atoms with Crippen molar-refractivity contribution in [1.82, 2.24) is 0 Å². The Morgan fingerprint density at radius 1 is 1.11 bits per heavy atom. The van der Waals surface area contributed by atoms with Gasteiger partial charge < -0.3 is 4.43 Å². The molecule has 0 radical (unpaired) electrons. The summed E-state index contributed by atoms with van der Waals surface area (Å²) in [6.45, 7) is 11.5. The highest BCUT2D eigenvalue weighted by Gasteiger charge is 2.39. The topological polar surface area (TPSA) is 9.23 Å². The van der Waals surface area contributed by atoms with Gasteiger partial charge in [0, 0.05) is 5.56 Å². The van der Waals surface area contributed by atoms with Crippen LogP contribution < -0.4 is 0 Å². The second-order valence-electron chi connectivity index (χ2n) is 6.98. The minimum atomic E-state index is -1.75. The van der Waals surface area contributed by atoms with Gasteiger partial charge in [-0.15, -0.1) is 0 Å². The zero-order valence-electron chi connectivity index (χ0n) is 12.9. The van der Waals surface area contributed by atoms with Gasteiger partial charge in [-0.1, -0.05) is 45.0 Å². The van der Waals surface area contributed by atoms with Crippen LogP contribution in [0, 0.1) is 0 Å². The molecule has 1 aromatic rings. The summed E-state index contributed by atoms with van der Waals surface area (Å²) in [6.07, 6.45) is 5.81. The Morgan fingerprint density at radius 2 is 1.79 bits per heavy atom. The predicted molar refractivity (Wildman–Crippen MR) is 85.6 cm³/mol. The average molecular weight is 274 g/mol. The average Bonchev–Trinajstić information content (AvgIpc) is 2.50. The van der Waals surface area contributed by atoms with Crippen LogP contribution in [-0.2, 0) is 10.8 Å². The van der Waals surface area contributed by atoms with Crippen LogP contribution in [0.3, 0.4) is 0 Å². The molecule has 0 amide bonds. The largest absolute Gasteiger partial charge is 0.543 e. The standard InChI is InChI=1S/C17H26OSi/c1-17(2,3)19(4,5)18-16-13-9-7-11-14-10-6-8-12-15(14)16/h6,8,10,12-13H,7,9,11H2,1-5H3. The highest BCUT2D eigenvalue weighted by molar-refractivity contribution is 6.74. The van der Waals surface area contributed by atoms with Crippen molar-refractivity contribution in [2.24, 2.45) is 0 Å². The van der Waals surface area contributed by atoms with Gasteiger partial charge in [0.05, 0.1) is 0 Å². The Kier molecular flexibility index (Phi) is 3.91. The van der Waals surface area contributed by atoms with Crippen LogP contribution in [0.15, 0.2) is 30.3 Å². The maximum absolute atomic E-state index is 6.55. The maximum Gasteiger partial charge on any atom is 0.250 e. The molecule has 0 saturated heterocycles. The number of allylic oxidation sites excluding steroid dienone is 1. The molecule has 0 bridgehead atoms. The van der Waals surface area contributed by atoms with Gasteiger partial charge in [-0.2, -0.15) is 0 Å². The van der Waals surface area contributed by atoms with Crippen LogP contribution in [0.25, 0.3) is 5.76 Å². The molecular weight excluding hydrogens is 248 g/mol.